The van der Waals surface area contributed by atoms with Crippen LogP contribution in [0.4, 0.5) is 0 Å². The van der Waals surface area contributed by atoms with E-state index in [0.29, 0.717) is 51.4 Å². The second-order valence-electron chi connectivity index (χ2n) is 6.82. The van der Waals surface area contributed by atoms with Crippen LogP contribution in [-0.4, -0.2) is 70.3 Å². The van der Waals surface area contributed by atoms with Crippen LogP contribution in [0.15, 0.2) is 0 Å². The number of rotatable bonds is 3. The summed E-state index contributed by atoms with van der Waals surface area (Å²) in [6, 6.07) is 0. The normalized spacial score (nSPS) is 47.7. The zero-order valence-electron chi connectivity index (χ0n) is 13.6. The van der Waals surface area contributed by atoms with Crippen molar-refractivity contribution in [1.82, 2.24) is 0 Å². The van der Waals surface area contributed by atoms with E-state index in [0.717, 1.165) is 0 Å². The molecule has 4 atom stereocenters. The van der Waals surface area contributed by atoms with Crippen LogP contribution in [0.2, 0.25) is 0 Å². The van der Waals surface area contributed by atoms with Crippen LogP contribution in [0.5, 0.6) is 0 Å². The molecule has 0 aromatic carbocycles. The van der Waals surface area contributed by atoms with Gasteiger partial charge >= 0.3 is 0 Å². The maximum atomic E-state index is 9.95. The minimum Gasteiger partial charge on any atom is -0.390 e. The first-order chi connectivity index (χ1) is 10.4. The summed E-state index contributed by atoms with van der Waals surface area (Å²) in [6.07, 6.45) is 1.17. The fourth-order valence-electron chi connectivity index (χ4n) is 4.24. The minimum atomic E-state index is -0.743. The first kappa shape index (κ1) is 18.1. The van der Waals surface area contributed by atoms with Gasteiger partial charge < -0.3 is 29.9 Å². The summed E-state index contributed by atoms with van der Waals surface area (Å²) < 4.78 is 11.8. The number of hydrogen-bond donors (Lipinski definition) is 4. The third kappa shape index (κ3) is 3.18. The van der Waals surface area contributed by atoms with Crippen LogP contribution >= 0.6 is 0 Å². The Hall–Kier alpha value is -0.240. The molecule has 0 aromatic heterocycles. The number of ether oxygens (including phenoxy) is 2. The Morgan fingerprint density at radius 1 is 0.591 bits per heavy atom. The van der Waals surface area contributed by atoms with Gasteiger partial charge in [0.2, 0.25) is 0 Å². The van der Waals surface area contributed by atoms with Crippen molar-refractivity contribution in [3.63, 3.8) is 0 Å². The van der Waals surface area contributed by atoms with Crippen molar-refractivity contribution >= 4 is 0 Å². The largest absolute Gasteiger partial charge is 0.390 e. The lowest BCUT2D eigenvalue weighted by atomic mass is 9.72. The molecule has 2 rings (SSSR count). The van der Waals surface area contributed by atoms with Gasteiger partial charge in [0.25, 0.3) is 0 Å². The van der Waals surface area contributed by atoms with Gasteiger partial charge in [0.1, 0.15) is 0 Å². The van der Waals surface area contributed by atoms with Crippen LogP contribution < -0.4 is 0 Å². The summed E-state index contributed by atoms with van der Waals surface area (Å²) in [5.41, 5.74) is -1.24. The van der Waals surface area contributed by atoms with Crippen molar-refractivity contribution in [3.05, 3.63) is 0 Å². The maximum absolute atomic E-state index is 9.95. The van der Waals surface area contributed by atoms with E-state index >= 15 is 0 Å². The predicted octanol–water partition coefficient (Wildman–Crippen LogP) is 0.348. The molecule has 6 nitrogen and oxygen atoms in total. The van der Waals surface area contributed by atoms with E-state index in [4.69, 9.17) is 9.47 Å². The van der Waals surface area contributed by atoms with Crippen molar-refractivity contribution in [2.45, 2.75) is 87.0 Å². The van der Waals surface area contributed by atoms with E-state index in [1.807, 2.05) is 0 Å². The second-order valence-corrected chi connectivity index (χ2v) is 6.82. The Bertz CT molecular complexity index is 303. The molecule has 2 aliphatic rings. The van der Waals surface area contributed by atoms with Gasteiger partial charge in [0.05, 0.1) is 35.6 Å². The van der Waals surface area contributed by atoms with E-state index < -0.39 is 35.6 Å². The molecule has 22 heavy (non-hydrogen) atoms. The average molecular weight is 318 g/mol. The number of hydrogen-bond acceptors (Lipinski definition) is 6. The molecule has 2 aliphatic carbocycles. The van der Waals surface area contributed by atoms with E-state index in [2.05, 4.69) is 0 Å². The third-order valence-corrected chi connectivity index (χ3v) is 5.88. The van der Waals surface area contributed by atoms with Crippen molar-refractivity contribution in [1.29, 1.82) is 0 Å². The lowest BCUT2D eigenvalue weighted by molar-refractivity contribution is -0.200. The standard InChI is InChI=1S/C16H30O6/c1-21-15(7-3-11(17)12(18)4-8-15)16(22-2)9-5-13(19)14(20)6-10-16/h11-14,17-20H,3-10H2,1-2H3. The molecule has 4 N–H and O–H groups in total. The van der Waals surface area contributed by atoms with E-state index in [1.54, 1.807) is 14.2 Å². The molecule has 4 unspecified atom stereocenters. The highest BCUT2D eigenvalue weighted by atomic mass is 16.5. The van der Waals surface area contributed by atoms with Gasteiger partial charge in [-0.2, -0.15) is 0 Å². The number of aliphatic hydroxyl groups excluding tert-OH is 4. The first-order valence-electron chi connectivity index (χ1n) is 8.22. The van der Waals surface area contributed by atoms with Crippen LogP contribution in [0, 0.1) is 0 Å². The lowest BCUT2D eigenvalue weighted by Crippen LogP contribution is -2.56. The van der Waals surface area contributed by atoms with Gasteiger partial charge in [0, 0.05) is 14.2 Å². The molecule has 0 aliphatic heterocycles. The van der Waals surface area contributed by atoms with E-state index in [9.17, 15) is 20.4 Å². The molecule has 0 bridgehead atoms. The summed E-state index contributed by atoms with van der Waals surface area (Å²) in [6.45, 7) is 0. The molecular formula is C16H30O6. The van der Waals surface area contributed by atoms with Gasteiger partial charge in [0.15, 0.2) is 0 Å². The van der Waals surface area contributed by atoms with Gasteiger partial charge in [-0.25, -0.2) is 0 Å². The lowest BCUT2D eigenvalue weighted by Gasteiger charge is -2.48. The Labute approximate surface area is 132 Å². The molecule has 0 spiro atoms. The molecule has 0 amide bonds. The Morgan fingerprint density at radius 2 is 0.818 bits per heavy atom. The molecule has 6 heteroatoms. The Morgan fingerprint density at radius 3 is 1.00 bits per heavy atom. The first-order valence-corrected chi connectivity index (χ1v) is 8.22. The van der Waals surface area contributed by atoms with Gasteiger partial charge in [-0.3, -0.25) is 0 Å². The molecule has 0 saturated heterocycles. The van der Waals surface area contributed by atoms with Gasteiger partial charge in [-0.1, -0.05) is 0 Å². The quantitative estimate of drug-likeness (QED) is 0.560. The summed E-state index contributed by atoms with van der Waals surface area (Å²) >= 11 is 0. The Balaban J connectivity index is 2.29. The van der Waals surface area contributed by atoms with Gasteiger partial charge in [-0.05, 0) is 51.4 Å². The zero-order valence-corrected chi connectivity index (χ0v) is 13.6. The molecule has 130 valence electrons. The van der Waals surface area contributed by atoms with Crippen LogP contribution in [-0.2, 0) is 9.47 Å². The van der Waals surface area contributed by atoms with Crippen molar-refractivity contribution < 1.29 is 29.9 Å². The van der Waals surface area contributed by atoms with Crippen molar-refractivity contribution in [3.8, 4) is 0 Å². The SMILES string of the molecule is COC1(C2(OC)CCC(O)C(O)CC2)CCC(O)C(O)CC1. The van der Waals surface area contributed by atoms with Crippen molar-refractivity contribution in [2.75, 3.05) is 14.2 Å². The van der Waals surface area contributed by atoms with Gasteiger partial charge in [-0.15, -0.1) is 0 Å². The maximum Gasteiger partial charge on any atom is 0.0968 e. The van der Waals surface area contributed by atoms with Crippen molar-refractivity contribution in [2.24, 2.45) is 0 Å². The van der Waals surface area contributed by atoms with Crippen LogP contribution in [0.25, 0.3) is 0 Å². The average Bonchev–Trinajstić information content (AvgIpc) is 2.77. The fraction of sp³-hybridized carbons (Fsp3) is 1.00. The highest BCUT2D eigenvalue weighted by Crippen LogP contribution is 2.47. The van der Waals surface area contributed by atoms with Crippen LogP contribution in [0.3, 0.4) is 0 Å². The third-order valence-electron chi connectivity index (χ3n) is 5.88. The van der Waals surface area contributed by atoms with Crippen LogP contribution in [0.1, 0.15) is 51.4 Å². The topological polar surface area (TPSA) is 99.4 Å². The number of aliphatic hydroxyl groups is 4. The molecular weight excluding hydrogens is 288 g/mol. The molecule has 2 fully saturated rings. The zero-order chi connectivity index (χ0) is 16.4. The molecule has 0 radical (unpaired) electrons. The predicted molar refractivity (Wildman–Crippen MR) is 80.4 cm³/mol. The summed E-state index contributed by atoms with van der Waals surface area (Å²) in [5.74, 6) is 0. The van der Waals surface area contributed by atoms with E-state index in [-0.39, 0.29) is 0 Å². The fourth-order valence-corrected chi connectivity index (χ4v) is 4.24. The number of methoxy groups -OCH3 is 2. The van der Waals surface area contributed by atoms with E-state index in [1.165, 1.54) is 0 Å². The minimum absolute atomic E-state index is 0.450. The second kappa shape index (κ2) is 7.11. The smallest absolute Gasteiger partial charge is 0.0968 e. The molecule has 2 saturated carbocycles. The highest BCUT2D eigenvalue weighted by Gasteiger charge is 2.54. The molecule has 0 aromatic rings. The molecule has 0 heterocycles. The summed E-state index contributed by atoms with van der Waals surface area (Å²) in [5, 5.41) is 39.8. The summed E-state index contributed by atoms with van der Waals surface area (Å²) in [4.78, 5) is 0. The Kier molecular flexibility index (Phi) is 5.85. The monoisotopic (exact) mass is 318 g/mol. The summed E-state index contributed by atoms with van der Waals surface area (Å²) in [7, 11) is 3.28. The highest BCUT2D eigenvalue weighted by molar-refractivity contribution is 5.06.